The van der Waals surface area contributed by atoms with E-state index in [0.29, 0.717) is 23.7 Å². The number of hydrogen-bond acceptors (Lipinski definition) is 4. The lowest BCUT2D eigenvalue weighted by atomic mass is 10.1. The molecule has 186 valence electrons. The lowest BCUT2D eigenvalue weighted by molar-refractivity contribution is -0.140. The predicted octanol–water partition coefficient (Wildman–Crippen LogP) is 4.14. The molecule has 9 heteroatoms. The monoisotopic (exact) mass is 507 g/mol. The van der Waals surface area contributed by atoms with Crippen molar-refractivity contribution < 1.29 is 18.0 Å². The van der Waals surface area contributed by atoms with Crippen molar-refractivity contribution >= 4 is 39.1 Å². The largest absolute Gasteiger partial charge is 0.354 e. The molecule has 1 N–H and O–H groups in total. The van der Waals surface area contributed by atoms with Gasteiger partial charge >= 0.3 is 0 Å². The lowest BCUT2D eigenvalue weighted by Crippen LogP contribution is -2.52. The second kappa shape index (κ2) is 12.8. The predicted molar refractivity (Wildman–Crippen MR) is 137 cm³/mol. The van der Waals surface area contributed by atoms with Crippen molar-refractivity contribution in [2.75, 3.05) is 23.7 Å². The van der Waals surface area contributed by atoms with Crippen molar-refractivity contribution in [2.45, 2.75) is 52.6 Å². The minimum absolute atomic E-state index is 0.154. The average Bonchev–Trinajstić information content (AvgIpc) is 2.78. The van der Waals surface area contributed by atoms with Gasteiger partial charge in [-0.3, -0.25) is 13.9 Å². The Hall–Kier alpha value is -2.58. The first kappa shape index (κ1) is 27.7. The van der Waals surface area contributed by atoms with Crippen molar-refractivity contribution in [3.05, 3.63) is 64.7 Å². The number of aryl methyl sites for hydroxylation is 1. The molecule has 2 amide bonds. The summed E-state index contributed by atoms with van der Waals surface area (Å²) >= 11 is 6.00. The van der Waals surface area contributed by atoms with Gasteiger partial charge in [0.15, 0.2) is 0 Å². The molecule has 1 atom stereocenters. The molecule has 2 rings (SSSR count). The van der Waals surface area contributed by atoms with Gasteiger partial charge in [-0.15, -0.1) is 0 Å². The topological polar surface area (TPSA) is 86.8 Å². The Bertz CT molecular complexity index is 1070. The van der Waals surface area contributed by atoms with Gasteiger partial charge in [-0.1, -0.05) is 56.1 Å². The molecular formula is C25H34ClN3O4S. The molecule has 0 radical (unpaired) electrons. The van der Waals surface area contributed by atoms with Gasteiger partial charge in [0.2, 0.25) is 21.8 Å². The second-order valence-electron chi connectivity index (χ2n) is 8.33. The third-order valence-electron chi connectivity index (χ3n) is 5.45. The number of carbonyl (C=O) groups is 2. The summed E-state index contributed by atoms with van der Waals surface area (Å²) in [6.45, 7) is 5.99. The zero-order chi connectivity index (χ0) is 25.3. The smallest absolute Gasteiger partial charge is 0.244 e. The van der Waals surface area contributed by atoms with Gasteiger partial charge in [0.05, 0.1) is 11.9 Å². The summed E-state index contributed by atoms with van der Waals surface area (Å²) in [5.41, 5.74) is 2.07. The van der Waals surface area contributed by atoms with E-state index in [2.05, 4.69) is 5.32 Å². The first-order valence-corrected chi connectivity index (χ1v) is 13.7. The number of unbranched alkanes of at least 4 members (excludes halogenated alkanes) is 1. The number of amides is 2. The number of benzene rings is 2. The Balaban J connectivity index is 2.39. The number of rotatable bonds is 12. The van der Waals surface area contributed by atoms with Crippen LogP contribution in [0, 0.1) is 6.92 Å². The number of nitrogens with zero attached hydrogens (tertiary/aromatic N) is 2. The van der Waals surface area contributed by atoms with E-state index in [-0.39, 0.29) is 12.5 Å². The van der Waals surface area contributed by atoms with Gasteiger partial charge in [-0.2, -0.15) is 0 Å². The standard InChI is InChI=1S/C25H34ClN3O4S/c1-5-7-15-27-25(31)23(6-2)28(17-20-11-13-21(26)14-12-20)24(30)18-29(34(4,32)33)22-10-8-9-19(3)16-22/h8-14,16,23H,5-7,15,17-18H2,1-4H3,(H,27,31)/t23-/m0/s1. The number of nitrogens with one attached hydrogen (secondary N) is 1. The zero-order valence-corrected chi connectivity index (χ0v) is 21.8. The maximum atomic E-state index is 13.6. The minimum atomic E-state index is -3.74. The molecule has 0 bridgehead atoms. The van der Waals surface area contributed by atoms with E-state index in [0.717, 1.165) is 34.5 Å². The Morgan fingerprint density at radius 3 is 2.32 bits per heavy atom. The van der Waals surface area contributed by atoms with E-state index < -0.39 is 28.5 Å². The number of halogens is 1. The van der Waals surface area contributed by atoms with Crippen molar-refractivity contribution in [2.24, 2.45) is 0 Å². The summed E-state index contributed by atoms with van der Waals surface area (Å²) in [5, 5.41) is 3.47. The fraction of sp³-hybridized carbons (Fsp3) is 0.440. The third kappa shape index (κ3) is 8.02. The molecule has 0 fully saturated rings. The molecule has 0 saturated heterocycles. The van der Waals surface area contributed by atoms with Crippen LogP contribution in [-0.4, -0.2) is 50.5 Å². The van der Waals surface area contributed by atoms with Crippen LogP contribution in [0.25, 0.3) is 0 Å². The second-order valence-corrected chi connectivity index (χ2v) is 10.7. The lowest BCUT2D eigenvalue weighted by Gasteiger charge is -2.33. The summed E-state index contributed by atoms with van der Waals surface area (Å²) < 4.78 is 26.3. The highest BCUT2D eigenvalue weighted by atomic mass is 35.5. The van der Waals surface area contributed by atoms with Gasteiger partial charge in [-0.05, 0) is 55.2 Å². The van der Waals surface area contributed by atoms with Gasteiger partial charge < -0.3 is 10.2 Å². The fourth-order valence-electron chi connectivity index (χ4n) is 3.61. The highest BCUT2D eigenvalue weighted by Crippen LogP contribution is 2.21. The van der Waals surface area contributed by atoms with Crippen LogP contribution in [0.4, 0.5) is 5.69 Å². The molecule has 34 heavy (non-hydrogen) atoms. The van der Waals surface area contributed by atoms with Crippen molar-refractivity contribution in [1.29, 1.82) is 0 Å². The number of sulfonamides is 1. The maximum absolute atomic E-state index is 13.6. The Morgan fingerprint density at radius 1 is 1.09 bits per heavy atom. The summed E-state index contributed by atoms with van der Waals surface area (Å²) in [4.78, 5) is 28.0. The third-order valence-corrected chi connectivity index (χ3v) is 6.84. The SMILES string of the molecule is CCCCNC(=O)[C@H](CC)N(Cc1ccc(Cl)cc1)C(=O)CN(c1cccc(C)c1)S(C)(=O)=O. The Labute approximate surface area is 208 Å². The van der Waals surface area contributed by atoms with E-state index in [9.17, 15) is 18.0 Å². The quantitative estimate of drug-likeness (QED) is 0.437. The molecule has 0 aliphatic heterocycles. The molecule has 0 aliphatic carbocycles. The maximum Gasteiger partial charge on any atom is 0.244 e. The number of anilines is 1. The van der Waals surface area contributed by atoms with Crippen LogP contribution in [0.1, 0.15) is 44.2 Å². The molecule has 2 aromatic carbocycles. The van der Waals surface area contributed by atoms with Crippen LogP contribution in [-0.2, 0) is 26.2 Å². The summed E-state index contributed by atoms with van der Waals surface area (Å²) in [6, 6.07) is 13.2. The molecule has 0 unspecified atom stereocenters. The number of carbonyl (C=O) groups excluding carboxylic acids is 2. The first-order valence-electron chi connectivity index (χ1n) is 11.4. The molecule has 0 spiro atoms. The van der Waals surface area contributed by atoms with Crippen LogP contribution in [0.15, 0.2) is 48.5 Å². The van der Waals surface area contributed by atoms with E-state index in [1.165, 1.54) is 4.90 Å². The first-order chi connectivity index (χ1) is 16.1. The van der Waals surface area contributed by atoms with Gasteiger partial charge in [0.1, 0.15) is 12.6 Å². The average molecular weight is 508 g/mol. The summed E-state index contributed by atoms with van der Waals surface area (Å²) in [7, 11) is -3.74. The van der Waals surface area contributed by atoms with Crippen LogP contribution >= 0.6 is 11.6 Å². The van der Waals surface area contributed by atoms with E-state index in [1.54, 1.807) is 42.5 Å². The van der Waals surface area contributed by atoms with Crippen molar-refractivity contribution in [1.82, 2.24) is 10.2 Å². The Morgan fingerprint density at radius 2 is 1.76 bits per heavy atom. The summed E-state index contributed by atoms with van der Waals surface area (Å²) in [5.74, 6) is -0.709. The molecule has 0 aliphatic rings. The molecule has 0 heterocycles. The zero-order valence-electron chi connectivity index (χ0n) is 20.3. The normalized spacial score (nSPS) is 12.1. The minimum Gasteiger partial charge on any atom is -0.354 e. The molecule has 0 aromatic heterocycles. The highest BCUT2D eigenvalue weighted by molar-refractivity contribution is 7.92. The van der Waals surface area contributed by atoms with Crippen LogP contribution < -0.4 is 9.62 Å². The van der Waals surface area contributed by atoms with Gasteiger partial charge in [0.25, 0.3) is 0 Å². The molecule has 0 saturated carbocycles. The van der Waals surface area contributed by atoms with Crippen molar-refractivity contribution in [3.8, 4) is 0 Å². The van der Waals surface area contributed by atoms with Crippen LogP contribution in [0.3, 0.4) is 0 Å². The molecule has 2 aromatic rings. The van der Waals surface area contributed by atoms with E-state index in [1.807, 2.05) is 26.8 Å². The highest BCUT2D eigenvalue weighted by Gasteiger charge is 2.31. The molecular weight excluding hydrogens is 474 g/mol. The summed E-state index contributed by atoms with van der Waals surface area (Å²) in [6.07, 6.45) is 3.23. The Kier molecular flexibility index (Phi) is 10.4. The van der Waals surface area contributed by atoms with Crippen LogP contribution in [0.5, 0.6) is 0 Å². The van der Waals surface area contributed by atoms with E-state index >= 15 is 0 Å². The van der Waals surface area contributed by atoms with Crippen LogP contribution in [0.2, 0.25) is 5.02 Å². The van der Waals surface area contributed by atoms with Gasteiger partial charge in [0, 0.05) is 18.1 Å². The van der Waals surface area contributed by atoms with Crippen molar-refractivity contribution in [3.63, 3.8) is 0 Å². The van der Waals surface area contributed by atoms with Gasteiger partial charge in [-0.25, -0.2) is 8.42 Å². The molecule has 7 nitrogen and oxygen atoms in total. The van der Waals surface area contributed by atoms with E-state index in [4.69, 9.17) is 11.6 Å². The fourth-order valence-corrected chi connectivity index (χ4v) is 4.58. The number of hydrogen-bond donors (Lipinski definition) is 1.